The van der Waals surface area contributed by atoms with E-state index in [4.69, 9.17) is 0 Å². The third-order valence-electron chi connectivity index (χ3n) is 5.87. The second-order valence-electron chi connectivity index (χ2n) is 8.26. The highest BCUT2D eigenvalue weighted by Crippen LogP contribution is 2.35. The maximum atomic E-state index is 15.4. The number of nitrogens with one attached hydrogen (secondary N) is 2. The van der Waals surface area contributed by atoms with E-state index < -0.39 is 55.2 Å². The molecular weight excluding hydrogens is 502 g/mol. The lowest BCUT2D eigenvalue weighted by molar-refractivity contribution is 0.103. The van der Waals surface area contributed by atoms with Crippen molar-refractivity contribution in [1.29, 1.82) is 0 Å². The number of carbonyl (C=O) groups excluding carboxylic acids is 1. The van der Waals surface area contributed by atoms with Gasteiger partial charge < -0.3 is 9.88 Å². The van der Waals surface area contributed by atoms with E-state index in [0.29, 0.717) is 30.1 Å². The highest BCUT2D eigenvalue weighted by molar-refractivity contribution is 7.92. The first-order chi connectivity index (χ1) is 17.1. The van der Waals surface area contributed by atoms with Crippen LogP contribution < -0.4 is 9.62 Å². The SMILES string of the molecule is CN(c1ncnc2[nH]cc(C(=O)c3c(F)ccc(NS(=O)(=O)c4ccc(F)cc4F)c3F)c12)C1CC1. The molecule has 5 rings (SSSR count). The van der Waals surface area contributed by atoms with Gasteiger partial charge in [0.2, 0.25) is 5.78 Å². The fraction of sp³-hybridized carbons (Fsp3) is 0.174. The molecule has 1 aliphatic rings. The molecule has 186 valence electrons. The lowest BCUT2D eigenvalue weighted by Crippen LogP contribution is -2.21. The second kappa shape index (κ2) is 8.59. The maximum absolute atomic E-state index is 15.4. The number of hydrogen-bond acceptors (Lipinski definition) is 6. The quantitative estimate of drug-likeness (QED) is 0.281. The van der Waals surface area contributed by atoms with Gasteiger partial charge in [-0.2, -0.15) is 0 Å². The molecule has 36 heavy (non-hydrogen) atoms. The van der Waals surface area contributed by atoms with Gasteiger partial charge in [-0.05, 0) is 37.1 Å². The highest BCUT2D eigenvalue weighted by Gasteiger charge is 2.32. The van der Waals surface area contributed by atoms with E-state index in [9.17, 15) is 26.4 Å². The van der Waals surface area contributed by atoms with Gasteiger partial charge in [0, 0.05) is 25.4 Å². The molecule has 0 spiro atoms. The fourth-order valence-electron chi connectivity index (χ4n) is 3.89. The molecule has 1 fully saturated rings. The molecule has 13 heteroatoms. The Balaban J connectivity index is 1.57. The molecule has 0 radical (unpaired) electrons. The summed E-state index contributed by atoms with van der Waals surface area (Å²) in [6, 6.07) is 3.38. The van der Waals surface area contributed by atoms with Crippen molar-refractivity contribution in [3.05, 3.63) is 77.3 Å². The van der Waals surface area contributed by atoms with Gasteiger partial charge in [-0.3, -0.25) is 9.52 Å². The summed E-state index contributed by atoms with van der Waals surface area (Å²) >= 11 is 0. The van der Waals surface area contributed by atoms with Crippen molar-refractivity contribution in [3.63, 3.8) is 0 Å². The summed E-state index contributed by atoms with van der Waals surface area (Å²) in [4.78, 5) is 25.3. The first-order valence-corrected chi connectivity index (χ1v) is 12.1. The number of carbonyl (C=O) groups is 1. The van der Waals surface area contributed by atoms with E-state index in [0.717, 1.165) is 18.9 Å². The molecule has 2 aromatic heterocycles. The highest BCUT2D eigenvalue weighted by atomic mass is 32.2. The number of anilines is 2. The number of H-pyrrole nitrogens is 1. The average molecular weight is 519 g/mol. The van der Waals surface area contributed by atoms with Crippen LogP contribution in [0.2, 0.25) is 0 Å². The number of fused-ring (bicyclic) bond motifs is 1. The van der Waals surface area contributed by atoms with Crippen molar-refractivity contribution in [2.45, 2.75) is 23.8 Å². The summed E-state index contributed by atoms with van der Waals surface area (Å²) < 4.78 is 84.3. The Bertz CT molecular complexity index is 1640. The zero-order chi connectivity index (χ0) is 25.8. The molecule has 1 aliphatic carbocycles. The van der Waals surface area contributed by atoms with E-state index >= 15 is 4.39 Å². The summed E-state index contributed by atoms with van der Waals surface area (Å²) in [6.07, 6.45) is 4.40. The number of ketones is 1. The van der Waals surface area contributed by atoms with Crippen LogP contribution in [0.15, 0.2) is 47.8 Å². The van der Waals surface area contributed by atoms with Crippen molar-refractivity contribution in [2.75, 3.05) is 16.7 Å². The molecule has 0 bridgehead atoms. The third kappa shape index (κ3) is 4.04. The minimum atomic E-state index is -4.75. The number of halogens is 4. The molecule has 0 saturated heterocycles. The Morgan fingerprint density at radius 3 is 2.53 bits per heavy atom. The van der Waals surface area contributed by atoms with Gasteiger partial charge in [0.15, 0.2) is 5.82 Å². The molecule has 0 atom stereocenters. The van der Waals surface area contributed by atoms with Gasteiger partial charge in [-0.25, -0.2) is 35.9 Å². The van der Waals surface area contributed by atoms with Crippen LogP contribution in [0.1, 0.15) is 28.8 Å². The van der Waals surface area contributed by atoms with Crippen LogP contribution in [0.5, 0.6) is 0 Å². The number of aromatic nitrogens is 3. The maximum Gasteiger partial charge on any atom is 0.264 e. The molecule has 0 amide bonds. The van der Waals surface area contributed by atoms with Crippen LogP contribution in [-0.4, -0.2) is 42.2 Å². The molecule has 0 unspecified atom stereocenters. The van der Waals surface area contributed by atoms with Crippen LogP contribution in [0.25, 0.3) is 11.0 Å². The van der Waals surface area contributed by atoms with Crippen LogP contribution in [0.3, 0.4) is 0 Å². The van der Waals surface area contributed by atoms with Gasteiger partial charge in [0.25, 0.3) is 10.0 Å². The van der Waals surface area contributed by atoms with Crippen molar-refractivity contribution in [2.24, 2.45) is 0 Å². The van der Waals surface area contributed by atoms with Crippen molar-refractivity contribution >= 4 is 38.3 Å². The van der Waals surface area contributed by atoms with Crippen LogP contribution in [0, 0.1) is 23.3 Å². The van der Waals surface area contributed by atoms with Crippen LogP contribution in [-0.2, 0) is 10.0 Å². The molecule has 1 saturated carbocycles. The molecule has 2 heterocycles. The first kappa shape index (κ1) is 23.7. The summed E-state index contributed by atoms with van der Waals surface area (Å²) in [6.45, 7) is 0. The van der Waals surface area contributed by atoms with Crippen molar-refractivity contribution in [3.8, 4) is 0 Å². The van der Waals surface area contributed by atoms with E-state index in [2.05, 4.69) is 15.0 Å². The van der Waals surface area contributed by atoms with Gasteiger partial charge in [-0.1, -0.05) is 0 Å². The van der Waals surface area contributed by atoms with Crippen LogP contribution in [0.4, 0.5) is 29.1 Å². The van der Waals surface area contributed by atoms with Gasteiger partial charge in [0.05, 0.1) is 22.2 Å². The minimum Gasteiger partial charge on any atom is -0.356 e. The third-order valence-corrected chi connectivity index (χ3v) is 7.27. The van der Waals surface area contributed by atoms with Crippen molar-refractivity contribution < 1.29 is 30.8 Å². The van der Waals surface area contributed by atoms with Crippen LogP contribution >= 0.6 is 0 Å². The largest absolute Gasteiger partial charge is 0.356 e. The molecule has 2 N–H and O–H groups in total. The predicted molar refractivity (Wildman–Crippen MR) is 122 cm³/mol. The number of hydrogen-bond donors (Lipinski definition) is 2. The Hall–Kier alpha value is -4.00. The lowest BCUT2D eigenvalue weighted by atomic mass is 10.0. The van der Waals surface area contributed by atoms with E-state index in [-0.39, 0.29) is 22.6 Å². The monoisotopic (exact) mass is 519 g/mol. The first-order valence-electron chi connectivity index (χ1n) is 10.6. The standard InChI is InChI=1S/C23H17F4N5O3S/c1-32(12-3-4-12)23-18-13(9-28-22(18)29-10-30-23)21(33)19-14(25)5-6-16(20(19)27)31-36(34,35)17-7-2-11(24)8-15(17)26/h2,5-10,12,31H,3-4H2,1H3,(H,28,29,30). The Morgan fingerprint density at radius 2 is 1.83 bits per heavy atom. The summed E-state index contributed by atoms with van der Waals surface area (Å²) in [7, 11) is -2.96. The lowest BCUT2D eigenvalue weighted by Gasteiger charge is -2.18. The smallest absolute Gasteiger partial charge is 0.264 e. The van der Waals surface area contributed by atoms with E-state index in [1.54, 1.807) is 11.8 Å². The van der Waals surface area contributed by atoms with Gasteiger partial charge >= 0.3 is 0 Å². The number of sulfonamides is 1. The Morgan fingerprint density at radius 1 is 1.08 bits per heavy atom. The zero-order valence-electron chi connectivity index (χ0n) is 18.5. The van der Waals surface area contributed by atoms with Gasteiger partial charge in [-0.15, -0.1) is 0 Å². The summed E-state index contributed by atoms with van der Waals surface area (Å²) in [5.41, 5.74) is -1.66. The molecule has 0 aliphatic heterocycles. The average Bonchev–Trinajstić information content (AvgIpc) is 3.58. The zero-order valence-corrected chi connectivity index (χ0v) is 19.3. The number of aromatic amines is 1. The number of nitrogens with zero attached hydrogens (tertiary/aromatic N) is 3. The topological polar surface area (TPSA) is 108 Å². The van der Waals surface area contributed by atoms with Crippen molar-refractivity contribution in [1.82, 2.24) is 15.0 Å². The molecular formula is C23H17F4N5O3S. The number of rotatable bonds is 7. The molecule has 4 aromatic rings. The summed E-state index contributed by atoms with van der Waals surface area (Å²) in [5.74, 6) is -5.85. The normalized spacial score (nSPS) is 13.7. The molecule has 8 nitrogen and oxygen atoms in total. The minimum absolute atomic E-state index is 0.115. The second-order valence-corrected chi connectivity index (χ2v) is 9.91. The van der Waals surface area contributed by atoms with E-state index in [1.165, 1.54) is 12.5 Å². The Kier molecular flexibility index (Phi) is 5.66. The van der Waals surface area contributed by atoms with Gasteiger partial charge in [0.1, 0.15) is 40.1 Å². The molecule has 2 aromatic carbocycles. The summed E-state index contributed by atoms with van der Waals surface area (Å²) in [5, 5.41) is 0.259. The number of benzene rings is 2. The van der Waals surface area contributed by atoms with E-state index in [1.807, 2.05) is 4.90 Å². The Labute approximate surface area is 202 Å². The fourth-order valence-corrected chi connectivity index (χ4v) is 5.01. The predicted octanol–water partition coefficient (Wildman–Crippen LogP) is 4.14.